The van der Waals surface area contributed by atoms with Crippen molar-refractivity contribution >= 4 is 11.8 Å². The second-order valence-electron chi connectivity index (χ2n) is 5.49. The molecule has 1 aliphatic rings. The lowest BCUT2D eigenvalue weighted by Gasteiger charge is -2.26. The van der Waals surface area contributed by atoms with E-state index in [0.717, 1.165) is 23.3 Å². The van der Waals surface area contributed by atoms with E-state index >= 15 is 0 Å². The molecule has 1 aromatic rings. The third-order valence-electron chi connectivity index (χ3n) is 3.96. The second kappa shape index (κ2) is 5.87. The zero-order valence-corrected chi connectivity index (χ0v) is 12.8. The van der Waals surface area contributed by atoms with E-state index in [4.69, 9.17) is 0 Å². The van der Waals surface area contributed by atoms with Crippen molar-refractivity contribution < 1.29 is 5.11 Å². The molecular weight excluding hydrogens is 252 g/mol. The standard InChI is InChI=1S/C17H22OS/c1-11(2)14-9-8-12(3)17(10-14)19-16-7-5-6-15(18)13(16)4/h5-7,14,18H,1,8-10H2,2-4H3/t14-/m1/s1. The Hall–Kier alpha value is -1.15. The summed E-state index contributed by atoms with van der Waals surface area (Å²) in [7, 11) is 0. The summed E-state index contributed by atoms with van der Waals surface area (Å²) in [5.74, 6) is 0.999. The van der Waals surface area contributed by atoms with E-state index in [1.165, 1.54) is 22.5 Å². The number of thioether (sulfide) groups is 1. The van der Waals surface area contributed by atoms with Crippen LogP contribution in [0.4, 0.5) is 0 Å². The van der Waals surface area contributed by atoms with E-state index in [-0.39, 0.29) is 0 Å². The van der Waals surface area contributed by atoms with Crippen molar-refractivity contribution in [2.24, 2.45) is 5.92 Å². The molecule has 2 heteroatoms. The maximum Gasteiger partial charge on any atom is 0.119 e. The highest BCUT2D eigenvalue weighted by Gasteiger charge is 2.20. The monoisotopic (exact) mass is 274 g/mol. The Kier molecular flexibility index (Phi) is 4.41. The fourth-order valence-electron chi connectivity index (χ4n) is 2.43. The lowest BCUT2D eigenvalue weighted by atomic mass is 9.86. The van der Waals surface area contributed by atoms with Crippen LogP contribution in [0.3, 0.4) is 0 Å². The minimum atomic E-state index is 0.385. The van der Waals surface area contributed by atoms with Gasteiger partial charge in [-0.2, -0.15) is 0 Å². The van der Waals surface area contributed by atoms with Crippen LogP contribution in [0.25, 0.3) is 0 Å². The molecule has 0 saturated heterocycles. The summed E-state index contributed by atoms with van der Waals surface area (Å²) in [4.78, 5) is 2.62. The molecule has 0 radical (unpaired) electrons. The lowest BCUT2D eigenvalue weighted by Crippen LogP contribution is -2.09. The summed E-state index contributed by atoms with van der Waals surface area (Å²) in [5, 5.41) is 9.79. The van der Waals surface area contributed by atoms with Gasteiger partial charge in [0.05, 0.1) is 0 Å². The predicted octanol–water partition coefficient (Wildman–Crippen LogP) is 5.44. The van der Waals surface area contributed by atoms with Gasteiger partial charge in [-0.3, -0.25) is 0 Å². The van der Waals surface area contributed by atoms with E-state index in [2.05, 4.69) is 26.5 Å². The maximum absolute atomic E-state index is 9.79. The molecule has 0 spiro atoms. The zero-order valence-electron chi connectivity index (χ0n) is 12.0. The fourth-order valence-corrected chi connectivity index (χ4v) is 3.66. The summed E-state index contributed by atoms with van der Waals surface area (Å²) < 4.78 is 0. The fraction of sp³-hybridized carbons (Fsp3) is 0.412. The SMILES string of the molecule is C=C(C)[C@@H]1CCC(C)=C(Sc2cccc(O)c2C)C1. The van der Waals surface area contributed by atoms with Gasteiger partial charge in [-0.05, 0) is 63.0 Å². The molecule has 1 aromatic carbocycles. The van der Waals surface area contributed by atoms with Gasteiger partial charge in [0.25, 0.3) is 0 Å². The van der Waals surface area contributed by atoms with Crippen molar-refractivity contribution in [2.75, 3.05) is 0 Å². The van der Waals surface area contributed by atoms with Crippen LogP contribution in [0.15, 0.2) is 45.7 Å². The van der Waals surface area contributed by atoms with Crippen molar-refractivity contribution in [1.29, 1.82) is 0 Å². The van der Waals surface area contributed by atoms with Crippen molar-refractivity contribution in [1.82, 2.24) is 0 Å². The van der Waals surface area contributed by atoms with Crippen LogP contribution in [0.2, 0.25) is 0 Å². The Balaban J connectivity index is 2.22. The number of phenols is 1. The topological polar surface area (TPSA) is 20.2 Å². The maximum atomic E-state index is 9.79. The predicted molar refractivity (Wildman–Crippen MR) is 83.6 cm³/mol. The zero-order chi connectivity index (χ0) is 14.0. The highest BCUT2D eigenvalue weighted by molar-refractivity contribution is 8.03. The average molecular weight is 274 g/mol. The summed E-state index contributed by atoms with van der Waals surface area (Å²) in [6, 6.07) is 5.75. The molecule has 102 valence electrons. The van der Waals surface area contributed by atoms with Gasteiger partial charge >= 0.3 is 0 Å². The van der Waals surface area contributed by atoms with Crippen LogP contribution >= 0.6 is 11.8 Å². The molecule has 0 amide bonds. The smallest absolute Gasteiger partial charge is 0.119 e. The number of phenolic OH excluding ortho intramolecular Hbond substituents is 1. The molecule has 0 heterocycles. The first-order valence-corrected chi connectivity index (χ1v) is 7.61. The molecule has 0 aromatic heterocycles. The molecule has 1 N–H and O–H groups in total. The molecule has 1 nitrogen and oxygen atoms in total. The molecule has 0 bridgehead atoms. The van der Waals surface area contributed by atoms with E-state index in [9.17, 15) is 5.11 Å². The first-order valence-electron chi connectivity index (χ1n) is 6.79. The molecule has 0 unspecified atom stereocenters. The van der Waals surface area contributed by atoms with Crippen molar-refractivity contribution in [2.45, 2.75) is 44.9 Å². The van der Waals surface area contributed by atoms with Crippen LogP contribution in [0.1, 0.15) is 38.7 Å². The van der Waals surface area contributed by atoms with Gasteiger partial charge in [0.2, 0.25) is 0 Å². The van der Waals surface area contributed by atoms with E-state index in [0.29, 0.717) is 11.7 Å². The van der Waals surface area contributed by atoms with Crippen molar-refractivity contribution in [3.63, 3.8) is 0 Å². The van der Waals surface area contributed by atoms with Crippen molar-refractivity contribution in [3.8, 4) is 5.75 Å². The van der Waals surface area contributed by atoms with Crippen LogP contribution in [-0.2, 0) is 0 Å². The van der Waals surface area contributed by atoms with Gasteiger partial charge in [-0.1, -0.05) is 35.6 Å². The quantitative estimate of drug-likeness (QED) is 0.740. The Bertz CT molecular complexity index is 528. The van der Waals surface area contributed by atoms with Crippen LogP contribution < -0.4 is 0 Å². The number of benzene rings is 1. The van der Waals surface area contributed by atoms with Gasteiger partial charge in [0.15, 0.2) is 0 Å². The Labute approximate surface area is 120 Å². The molecule has 2 rings (SSSR count). The molecule has 1 atom stereocenters. The first-order chi connectivity index (χ1) is 8.99. The Morgan fingerprint density at radius 2 is 2.11 bits per heavy atom. The first kappa shape index (κ1) is 14.3. The van der Waals surface area contributed by atoms with Gasteiger partial charge in [-0.15, -0.1) is 0 Å². The molecule has 0 fully saturated rings. The highest BCUT2D eigenvalue weighted by atomic mass is 32.2. The van der Waals surface area contributed by atoms with Gasteiger partial charge in [-0.25, -0.2) is 0 Å². The average Bonchev–Trinajstić information content (AvgIpc) is 2.37. The van der Waals surface area contributed by atoms with Crippen LogP contribution in [0.5, 0.6) is 5.75 Å². The van der Waals surface area contributed by atoms with Gasteiger partial charge in [0.1, 0.15) is 5.75 Å². The van der Waals surface area contributed by atoms with E-state index in [1.807, 2.05) is 24.8 Å². The highest BCUT2D eigenvalue weighted by Crippen LogP contribution is 2.43. The number of hydrogen-bond donors (Lipinski definition) is 1. The third-order valence-corrected chi connectivity index (χ3v) is 5.38. The summed E-state index contributed by atoms with van der Waals surface area (Å²) in [6.07, 6.45) is 3.49. The van der Waals surface area contributed by atoms with Crippen LogP contribution in [0, 0.1) is 12.8 Å². The number of aromatic hydroxyl groups is 1. The lowest BCUT2D eigenvalue weighted by molar-refractivity contribution is 0.469. The molecule has 1 aliphatic carbocycles. The van der Waals surface area contributed by atoms with E-state index in [1.54, 1.807) is 6.07 Å². The van der Waals surface area contributed by atoms with Gasteiger partial charge in [0, 0.05) is 10.5 Å². The van der Waals surface area contributed by atoms with E-state index < -0.39 is 0 Å². The van der Waals surface area contributed by atoms with Crippen LogP contribution in [-0.4, -0.2) is 5.11 Å². The number of rotatable bonds is 3. The van der Waals surface area contributed by atoms with Crippen molar-refractivity contribution in [3.05, 3.63) is 46.4 Å². The summed E-state index contributed by atoms with van der Waals surface area (Å²) >= 11 is 1.81. The summed E-state index contributed by atoms with van der Waals surface area (Å²) in [6.45, 7) is 10.4. The largest absolute Gasteiger partial charge is 0.508 e. The minimum absolute atomic E-state index is 0.385. The summed E-state index contributed by atoms with van der Waals surface area (Å²) in [5.41, 5.74) is 3.76. The normalized spacial score (nSPS) is 19.6. The number of allylic oxidation sites excluding steroid dienone is 3. The molecule has 0 aliphatic heterocycles. The number of hydrogen-bond acceptors (Lipinski definition) is 2. The molecular formula is C17H22OS. The molecule has 19 heavy (non-hydrogen) atoms. The minimum Gasteiger partial charge on any atom is -0.508 e. The second-order valence-corrected chi connectivity index (χ2v) is 6.63. The molecule has 0 saturated carbocycles. The Morgan fingerprint density at radius 3 is 2.79 bits per heavy atom. The Morgan fingerprint density at radius 1 is 1.37 bits per heavy atom. The third kappa shape index (κ3) is 3.24. The van der Waals surface area contributed by atoms with Gasteiger partial charge < -0.3 is 5.11 Å².